The van der Waals surface area contributed by atoms with Crippen LogP contribution < -0.4 is 5.14 Å². The quantitative estimate of drug-likeness (QED) is 0.786. The Bertz CT molecular complexity index is 518. The van der Waals surface area contributed by atoms with Gasteiger partial charge in [0.2, 0.25) is 10.0 Å². The van der Waals surface area contributed by atoms with E-state index in [1.165, 1.54) is 12.1 Å². The maximum atomic E-state index is 11.2. The van der Waals surface area contributed by atoms with Crippen molar-refractivity contribution in [3.05, 3.63) is 29.8 Å². The Balaban J connectivity index is 2.61. The van der Waals surface area contributed by atoms with E-state index in [9.17, 15) is 13.5 Å². The monoisotopic (exact) mass is 300 g/mol. The lowest BCUT2D eigenvalue weighted by atomic mass is 10.1. The van der Waals surface area contributed by atoms with Gasteiger partial charge in [-0.1, -0.05) is 19.1 Å². The van der Waals surface area contributed by atoms with Crippen LogP contribution in [0.15, 0.2) is 29.2 Å². The molecule has 0 amide bonds. The highest BCUT2D eigenvalue weighted by Crippen LogP contribution is 2.11. The number of hydrogen-bond donors (Lipinski definition) is 2. The van der Waals surface area contributed by atoms with Gasteiger partial charge in [0.25, 0.3) is 0 Å². The standard InChI is InChI=1S/C14H24N2O3S/c1-4-16(11-14(2,3)17)10-9-12-5-7-13(8-6-12)20(15,18)19/h5-8,17H,4,9-11H2,1-3H3,(H2,15,18,19). The third-order valence-electron chi connectivity index (χ3n) is 3.03. The smallest absolute Gasteiger partial charge is 0.238 e. The molecule has 0 aliphatic carbocycles. The summed E-state index contributed by atoms with van der Waals surface area (Å²) >= 11 is 0. The van der Waals surface area contributed by atoms with Gasteiger partial charge >= 0.3 is 0 Å². The zero-order chi connectivity index (χ0) is 15.4. The van der Waals surface area contributed by atoms with Crippen LogP contribution in [-0.4, -0.2) is 43.7 Å². The second-order valence-corrected chi connectivity index (χ2v) is 7.18. The van der Waals surface area contributed by atoms with Crippen LogP contribution in [-0.2, 0) is 16.4 Å². The molecule has 0 unspecified atom stereocenters. The van der Waals surface area contributed by atoms with Crippen molar-refractivity contribution in [2.45, 2.75) is 37.7 Å². The first-order valence-corrected chi connectivity index (χ1v) is 8.23. The number of hydrogen-bond acceptors (Lipinski definition) is 4. The van der Waals surface area contributed by atoms with Crippen molar-refractivity contribution >= 4 is 10.0 Å². The van der Waals surface area contributed by atoms with E-state index in [1.54, 1.807) is 26.0 Å². The van der Waals surface area contributed by atoms with Crippen molar-refractivity contribution in [3.8, 4) is 0 Å². The molecule has 6 heteroatoms. The van der Waals surface area contributed by atoms with E-state index < -0.39 is 15.6 Å². The molecular weight excluding hydrogens is 276 g/mol. The van der Waals surface area contributed by atoms with Gasteiger partial charge in [-0.25, -0.2) is 13.6 Å². The number of benzene rings is 1. The molecule has 0 heterocycles. The molecule has 0 bridgehead atoms. The summed E-state index contributed by atoms with van der Waals surface area (Å²) in [5.74, 6) is 0. The minimum absolute atomic E-state index is 0.130. The van der Waals surface area contributed by atoms with Gasteiger partial charge in [-0.15, -0.1) is 0 Å². The van der Waals surface area contributed by atoms with Crippen molar-refractivity contribution in [1.82, 2.24) is 4.90 Å². The molecule has 0 aromatic heterocycles. The number of likely N-dealkylation sites (N-methyl/N-ethyl adjacent to an activating group) is 1. The molecule has 0 aliphatic heterocycles. The molecule has 5 nitrogen and oxygen atoms in total. The summed E-state index contributed by atoms with van der Waals surface area (Å²) in [6.07, 6.45) is 0.800. The van der Waals surface area contributed by atoms with E-state index in [-0.39, 0.29) is 4.90 Å². The summed E-state index contributed by atoms with van der Waals surface area (Å²) in [4.78, 5) is 2.29. The Morgan fingerprint density at radius 2 is 1.80 bits per heavy atom. The van der Waals surface area contributed by atoms with Gasteiger partial charge in [0, 0.05) is 13.1 Å². The molecule has 1 rings (SSSR count). The summed E-state index contributed by atoms with van der Waals surface area (Å²) in [5.41, 5.74) is 0.333. The molecular formula is C14H24N2O3S. The van der Waals surface area contributed by atoms with Crippen LogP contribution in [0.4, 0.5) is 0 Å². The predicted molar refractivity (Wildman–Crippen MR) is 79.9 cm³/mol. The van der Waals surface area contributed by atoms with Crippen LogP contribution in [0.2, 0.25) is 0 Å². The summed E-state index contributed by atoms with van der Waals surface area (Å²) in [5, 5.41) is 14.9. The highest BCUT2D eigenvalue weighted by atomic mass is 32.2. The lowest BCUT2D eigenvalue weighted by molar-refractivity contribution is 0.0382. The van der Waals surface area contributed by atoms with E-state index in [4.69, 9.17) is 5.14 Å². The van der Waals surface area contributed by atoms with Gasteiger partial charge in [0.1, 0.15) is 0 Å². The molecule has 1 aromatic carbocycles. The molecule has 3 N–H and O–H groups in total. The van der Waals surface area contributed by atoms with Gasteiger partial charge < -0.3 is 10.0 Å². The zero-order valence-electron chi connectivity index (χ0n) is 12.3. The van der Waals surface area contributed by atoms with E-state index in [2.05, 4.69) is 11.8 Å². The van der Waals surface area contributed by atoms with Crippen LogP contribution in [0.1, 0.15) is 26.3 Å². The van der Waals surface area contributed by atoms with Crippen molar-refractivity contribution in [2.24, 2.45) is 5.14 Å². The second kappa shape index (κ2) is 6.67. The molecule has 0 radical (unpaired) electrons. The van der Waals surface area contributed by atoms with Gasteiger partial charge in [0.15, 0.2) is 0 Å². The lowest BCUT2D eigenvalue weighted by Gasteiger charge is -2.27. The van der Waals surface area contributed by atoms with Crippen molar-refractivity contribution in [2.75, 3.05) is 19.6 Å². The highest BCUT2D eigenvalue weighted by molar-refractivity contribution is 7.89. The third-order valence-corrected chi connectivity index (χ3v) is 3.96. The van der Waals surface area contributed by atoms with E-state index in [0.717, 1.165) is 25.1 Å². The maximum absolute atomic E-state index is 11.2. The summed E-state index contributed by atoms with van der Waals surface area (Å²) in [7, 11) is -3.62. The van der Waals surface area contributed by atoms with Crippen LogP contribution in [0.5, 0.6) is 0 Å². The van der Waals surface area contributed by atoms with Gasteiger partial charge in [0.05, 0.1) is 10.5 Å². The molecule has 1 aromatic rings. The van der Waals surface area contributed by atoms with Crippen LogP contribution in [0.25, 0.3) is 0 Å². The molecule has 114 valence electrons. The predicted octanol–water partition coefficient (Wildman–Crippen LogP) is 0.969. The number of nitrogens with two attached hydrogens (primary N) is 1. The first-order chi connectivity index (χ1) is 9.12. The minimum atomic E-state index is -3.62. The zero-order valence-corrected chi connectivity index (χ0v) is 13.2. The van der Waals surface area contributed by atoms with E-state index >= 15 is 0 Å². The minimum Gasteiger partial charge on any atom is -0.389 e. The number of sulfonamides is 1. The van der Waals surface area contributed by atoms with E-state index in [0.29, 0.717) is 6.54 Å². The molecule has 0 saturated carbocycles. The second-order valence-electron chi connectivity index (χ2n) is 5.62. The van der Waals surface area contributed by atoms with Gasteiger partial charge in [-0.3, -0.25) is 0 Å². The molecule has 0 fully saturated rings. The molecule has 0 spiro atoms. The Labute approximate surface area is 121 Å². The average molecular weight is 300 g/mol. The van der Waals surface area contributed by atoms with Crippen molar-refractivity contribution in [3.63, 3.8) is 0 Å². The largest absolute Gasteiger partial charge is 0.389 e. The normalized spacial score (nSPS) is 12.9. The highest BCUT2D eigenvalue weighted by Gasteiger charge is 2.16. The fraction of sp³-hybridized carbons (Fsp3) is 0.571. The molecule has 20 heavy (non-hydrogen) atoms. The van der Waals surface area contributed by atoms with Crippen LogP contribution >= 0.6 is 0 Å². The van der Waals surface area contributed by atoms with E-state index in [1.807, 2.05) is 0 Å². The average Bonchev–Trinajstić information content (AvgIpc) is 2.32. The third kappa shape index (κ3) is 6.00. The molecule has 0 saturated heterocycles. The topological polar surface area (TPSA) is 83.6 Å². The summed E-state index contributed by atoms with van der Waals surface area (Å²) in [6.45, 7) is 7.91. The lowest BCUT2D eigenvalue weighted by Crippen LogP contribution is -2.39. The first kappa shape index (κ1) is 17.1. The SMILES string of the molecule is CCN(CCc1ccc(S(N)(=O)=O)cc1)CC(C)(C)O. The summed E-state index contributed by atoms with van der Waals surface area (Å²) in [6, 6.07) is 6.60. The number of primary sulfonamides is 1. The van der Waals surface area contributed by atoms with Crippen molar-refractivity contribution < 1.29 is 13.5 Å². The van der Waals surface area contributed by atoms with Crippen LogP contribution in [0, 0.1) is 0 Å². The van der Waals surface area contributed by atoms with Gasteiger partial charge in [-0.05, 0) is 44.5 Å². The fourth-order valence-corrected chi connectivity index (χ4v) is 2.54. The summed E-state index contributed by atoms with van der Waals surface area (Å²) < 4.78 is 22.3. The fourth-order valence-electron chi connectivity index (χ4n) is 2.03. The number of aliphatic hydroxyl groups is 1. The maximum Gasteiger partial charge on any atom is 0.238 e. The first-order valence-electron chi connectivity index (χ1n) is 6.68. The van der Waals surface area contributed by atoms with Crippen LogP contribution in [0.3, 0.4) is 0 Å². The molecule has 0 aliphatic rings. The Hall–Kier alpha value is -0.950. The number of nitrogens with zero attached hydrogens (tertiary/aromatic N) is 1. The Morgan fingerprint density at radius 3 is 2.20 bits per heavy atom. The number of rotatable bonds is 7. The van der Waals surface area contributed by atoms with Gasteiger partial charge in [-0.2, -0.15) is 0 Å². The molecule has 0 atom stereocenters. The Kier molecular flexibility index (Phi) is 5.70. The Morgan fingerprint density at radius 1 is 1.25 bits per heavy atom. The van der Waals surface area contributed by atoms with Crippen molar-refractivity contribution in [1.29, 1.82) is 0 Å².